The van der Waals surface area contributed by atoms with Crippen LogP contribution < -0.4 is 0 Å². The van der Waals surface area contributed by atoms with Crippen LogP contribution in [0.1, 0.15) is 54.2 Å². The van der Waals surface area contributed by atoms with Gasteiger partial charge in [-0.25, -0.2) is 9.98 Å². The van der Waals surface area contributed by atoms with Crippen molar-refractivity contribution < 1.29 is 0 Å². The molecule has 0 saturated carbocycles. The monoisotopic (exact) mass is 539 g/mol. The number of guanidine groups is 1. The summed E-state index contributed by atoms with van der Waals surface area (Å²) < 4.78 is 0. The number of hydrogen-bond donors (Lipinski definition) is 0. The fourth-order valence-electron chi connectivity index (χ4n) is 8.67. The quantitative estimate of drug-likeness (QED) is 0.349. The van der Waals surface area contributed by atoms with Crippen LogP contribution in [-0.2, 0) is 0 Å². The normalized spacial score (nSPS) is 36.0. The van der Waals surface area contributed by atoms with E-state index >= 15 is 0 Å². The molecule has 0 bridgehead atoms. The molecule has 8 unspecified atom stereocenters. The minimum absolute atomic E-state index is 0.121. The van der Waals surface area contributed by atoms with E-state index in [0.29, 0.717) is 35.1 Å². The molecule has 1 fully saturated rings. The summed E-state index contributed by atoms with van der Waals surface area (Å²) in [6, 6.07) is 19.4. The van der Waals surface area contributed by atoms with Crippen molar-refractivity contribution in [2.75, 3.05) is 0 Å². The Labute approximate surface area is 240 Å². The first-order valence-corrected chi connectivity index (χ1v) is 15.9. The van der Waals surface area contributed by atoms with Gasteiger partial charge in [0.2, 0.25) is 5.96 Å². The molecule has 0 spiro atoms. The molecule has 40 heavy (non-hydrogen) atoms. The van der Waals surface area contributed by atoms with E-state index in [0.717, 1.165) is 25.2 Å². The molecule has 2 aromatic carbocycles. The van der Waals surface area contributed by atoms with E-state index in [1.807, 2.05) is 0 Å². The molecule has 0 N–H and O–H groups in total. The molecule has 2 aromatic rings. The average molecular weight is 540 g/mol. The first kappa shape index (κ1) is 23.3. The highest BCUT2D eigenvalue weighted by molar-refractivity contribution is 8.00. The summed E-state index contributed by atoms with van der Waals surface area (Å²) >= 11 is 2.11. The van der Waals surface area contributed by atoms with Crippen LogP contribution in [-0.4, -0.2) is 39.9 Å². The molecule has 8 atom stereocenters. The summed E-state index contributed by atoms with van der Waals surface area (Å²) in [7, 11) is 0. The fourth-order valence-corrected chi connectivity index (χ4v) is 10.3. The highest BCUT2D eigenvalue weighted by Gasteiger charge is 2.59. The summed E-state index contributed by atoms with van der Waals surface area (Å²) in [6.45, 7) is 0. The van der Waals surface area contributed by atoms with Gasteiger partial charge in [0.25, 0.3) is 0 Å². The van der Waals surface area contributed by atoms with Crippen molar-refractivity contribution in [3.63, 3.8) is 0 Å². The van der Waals surface area contributed by atoms with Gasteiger partial charge in [0.05, 0.1) is 17.8 Å². The Morgan fingerprint density at radius 3 is 2.58 bits per heavy atom. The van der Waals surface area contributed by atoms with Gasteiger partial charge in [-0.15, -0.1) is 11.8 Å². The predicted octanol–water partition coefficient (Wildman–Crippen LogP) is 7.61. The van der Waals surface area contributed by atoms with Crippen molar-refractivity contribution in [2.24, 2.45) is 21.8 Å². The van der Waals surface area contributed by atoms with Gasteiger partial charge in [-0.3, -0.25) is 0 Å². The van der Waals surface area contributed by atoms with E-state index in [1.54, 1.807) is 11.1 Å². The predicted molar refractivity (Wildman–Crippen MR) is 165 cm³/mol. The third-order valence-electron chi connectivity index (χ3n) is 10.2. The second-order valence-electron chi connectivity index (χ2n) is 12.2. The zero-order chi connectivity index (χ0) is 26.2. The number of likely N-dealkylation sites (tertiary alicyclic amines) is 1. The third-order valence-corrected chi connectivity index (χ3v) is 11.7. The molecule has 4 heteroatoms. The Bertz CT molecular complexity index is 1610. The van der Waals surface area contributed by atoms with Crippen LogP contribution in [0.5, 0.6) is 0 Å². The Balaban J connectivity index is 1.23. The van der Waals surface area contributed by atoms with Crippen LogP contribution in [0.25, 0.3) is 0 Å². The number of benzene rings is 2. The standard InChI is InChI=1S/C36H33N3S/c1-2-12-22(13-3-1)33-25-16-6-9-19-28(25)37-36(38-33)39-29-20-10-7-17-26(29)31-23-14-4-5-15-24(23)32-27-18-8-11-21-30(27)40-35(32)34(31)39/h1-2,4-9,11-12,14-19,21,25-26,28-29,31-32,34-35H,3,10,13,20H2. The number of fused-ring (bicyclic) bond motifs is 11. The highest BCUT2D eigenvalue weighted by Crippen LogP contribution is 2.62. The molecule has 7 aliphatic rings. The zero-order valence-electron chi connectivity index (χ0n) is 22.5. The maximum absolute atomic E-state index is 5.55. The van der Waals surface area contributed by atoms with Crippen molar-refractivity contribution in [2.45, 2.75) is 65.8 Å². The summed E-state index contributed by atoms with van der Waals surface area (Å²) in [5, 5.41) is 0.453. The summed E-state index contributed by atoms with van der Waals surface area (Å²) in [4.78, 5) is 15.2. The first-order valence-electron chi connectivity index (χ1n) is 15.0. The van der Waals surface area contributed by atoms with Crippen molar-refractivity contribution in [1.29, 1.82) is 0 Å². The van der Waals surface area contributed by atoms with Crippen LogP contribution in [0.4, 0.5) is 0 Å². The van der Waals surface area contributed by atoms with Crippen LogP contribution >= 0.6 is 11.8 Å². The van der Waals surface area contributed by atoms with Crippen LogP contribution in [0, 0.1) is 11.8 Å². The lowest BCUT2D eigenvalue weighted by Gasteiger charge is -2.43. The number of rotatable bonds is 1. The summed E-state index contributed by atoms with van der Waals surface area (Å²) in [5.74, 6) is 2.58. The van der Waals surface area contributed by atoms with Gasteiger partial charge < -0.3 is 4.90 Å². The molecule has 3 nitrogen and oxygen atoms in total. The Morgan fingerprint density at radius 1 is 0.825 bits per heavy atom. The molecule has 3 heterocycles. The highest BCUT2D eigenvalue weighted by atomic mass is 32.2. The Morgan fingerprint density at radius 2 is 1.68 bits per heavy atom. The number of nitrogens with zero attached hydrogens (tertiary/aromatic N) is 3. The van der Waals surface area contributed by atoms with Gasteiger partial charge in [-0.1, -0.05) is 97.1 Å². The molecule has 1 saturated heterocycles. The molecule has 198 valence electrons. The van der Waals surface area contributed by atoms with Gasteiger partial charge in [-0.05, 0) is 54.0 Å². The van der Waals surface area contributed by atoms with Gasteiger partial charge in [0.15, 0.2) is 0 Å². The fraction of sp³-hybridized carbons (Fsp3) is 0.333. The molecular weight excluding hydrogens is 506 g/mol. The zero-order valence-corrected chi connectivity index (χ0v) is 23.3. The van der Waals surface area contributed by atoms with Gasteiger partial charge >= 0.3 is 0 Å². The SMILES string of the molecule is C1=CCCC(C2=NC(N3C4CCC=CC4C4c5ccccc5C5c6ccccc6SC5C43)=NC3C=CC=CC23)=C1. The molecule has 9 rings (SSSR count). The van der Waals surface area contributed by atoms with Gasteiger partial charge in [-0.2, -0.15) is 0 Å². The topological polar surface area (TPSA) is 28.0 Å². The second kappa shape index (κ2) is 9.07. The minimum Gasteiger partial charge on any atom is -0.333 e. The lowest BCUT2D eigenvalue weighted by atomic mass is 9.68. The van der Waals surface area contributed by atoms with E-state index < -0.39 is 0 Å². The van der Waals surface area contributed by atoms with E-state index in [4.69, 9.17) is 9.98 Å². The number of allylic oxidation sites excluding steroid dienone is 7. The number of aliphatic imine (C=N–C) groups is 2. The number of hydrogen-bond acceptors (Lipinski definition) is 4. The van der Waals surface area contributed by atoms with Crippen molar-refractivity contribution in [3.8, 4) is 0 Å². The minimum atomic E-state index is 0.121. The van der Waals surface area contributed by atoms with Crippen LogP contribution in [0.3, 0.4) is 0 Å². The van der Waals surface area contributed by atoms with Crippen molar-refractivity contribution >= 4 is 23.4 Å². The third kappa shape index (κ3) is 3.32. The summed E-state index contributed by atoms with van der Waals surface area (Å²) in [5.41, 5.74) is 7.22. The largest absolute Gasteiger partial charge is 0.333 e. The summed E-state index contributed by atoms with van der Waals surface area (Å²) in [6.07, 6.45) is 25.2. The smallest absolute Gasteiger partial charge is 0.222 e. The lowest BCUT2D eigenvalue weighted by molar-refractivity contribution is 0.266. The van der Waals surface area contributed by atoms with Crippen LogP contribution in [0.15, 0.2) is 124 Å². The maximum atomic E-state index is 5.55. The van der Waals surface area contributed by atoms with E-state index in [9.17, 15) is 0 Å². The van der Waals surface area contributed by atoms with Crippen molar-refractivity contribution in [3.05, 3.63) is 125 Å². The second-order valence-corrected chi connectivity index (χ2v) is 13.4. The molecular formula is C36H33N3S. The average Bonchev–Trinajstić information content (AvgIpc) is 3.58. The Hall–Kier alpha value is -3.37. The van der Waals surface area contributed by atoms with Gasteiger partial charge in [0.1, 0.15) is 0 Å². The number of thioether (sulfide) groups is 1. The van der Waals surface area contributed by atoms with Crippen molar-refractivity contribution in [1.82, 2.24) is 4.90 Å². The first-order chi connectivity index (χ1) is 19.9. The van der Waals surface area contributed by atoms with E-state index in [2.05, 4.69) is 120 Å². The van der Waals surface area contributed by atoms with Crippen LogP contribution in [0.2, 0.25) is 0 Å². The van der Waals surface area contributed by atoms with E-state index in [-0.39, 0.29) is 12.0 Å². The molecule has 3 aliphatic heterocycles. The molecule has 0 radical (unpaired) electrons. The lowest BCUT2D eigenvalue weighted by Crippen LogP contribution is -2.51. The van der Waals surface area contributed by atoms with E-state index in [1.165, 1.54) is 28.2 Å². The molecule has 0 amide bonds. The van der Waals surface area contributed by atoms with Gasteiger partial charge in [0, 0.05) is 39.9 Å². The Kier molecular flexibility index (Phi) is 5.29. The maximum Gasteiger partial charge on any atom is 0.222 e. The molecule has 0 aromatic heterocycles. The molecule has 4 aliphatic carbocycles.